The molecule has 7 rings (SSSR count). The van der Waals surface area contributed by atoms with E-state index in [2.05, 4.69) is 9.69 Å². The minimum atomic E-state index is -0.212. The highest BCUT2D eigenvalue weighted by molar-refractivity contribution is 7.38. The molecule has 0 fully saturated rings. The molecule has 9 heteroatoms. The van der Waals surface area contributed by atoms with E-state index in [1.807, 2.05) is 24.3 Å². The Kier molecular flexibility index (Phi) is 6.10. The number of carbonyl (C=O) groups is 2. The molecule has 0 saturated heterocycles. The number of hydrogen-bond donors (Lipinski definition) is 0. The summed E-state index contributed by atoms with van der Waals surface area (Å²) in [6.45, 7) is 15.0. The SMILES string of the molecule is [C-]#[N+]/C(C#N)=C1\C(=C\c2cc3sc4cc(/C=C5\C(=O)c6ccccc6\C5=C(\C#N)[N+]#[C-])sc4c3s2)C(=O)c2ccccc21. The summed E-state index contributed by atoms with van der Waals surface area (Å²) < 4.78 is 4.16. The van der Waals surface area contributed by atoms with Gasteiger partial charge < -0.3 is 0 Å². The van der Waals surface area contributed by atoms with Crippen molar-refractivity contribution in [1.29, 1.82) is 10.5 Å². The van der Waals surface area contributed by atoms with E-state index in [9.17, 15) is 20.1 Å². The summed E-state index contributed by atoms with van der Waals surface area (Å²) in [6, 6.07) is 22.0. The monoisotopic (exact) mass is 604 g/mol. The largest absolute Gasteiger partial charge is 0.289 e. The van der Waals surface area contributed by atoms with Crippen LogP contribution in [0.25, 0.3) is 51.8 Å². The Morgan fingerprint density at radius 1 is 0.651 bits per heavy atom. The van der Waals surface area contributed by atoms with E-state index in [0.717, 1.165) is 28.6 Å². The van der Waals surface area contributed by atoms with Crippen molar-refractivity contribution in [1.82, 2.24) is 0 Å². The van der Waals surface area contributed by atoms with Gasteiger partial charge in [-0.25, -0.2) is 20.2 Å². The van der Waals surface area contributed by atoms with Crippen molar-refractivity contribution < 1.29 is 9.59 Å². The first-order valence-corrected chi connectivity index (χ1v) is 15.1. The van der Waals surface area contributed by atoms with E-state index in [0.29, 0.717) is 44.5 Å². The molecule has 3 aromatic heterocycles. The summed E-state index contributed by atoms with van der Waals surface area (Å²) >= 11 is 4.63. The Morgan fingerprint density at radius 2 is 1.05 bits per heavy atom. The van der Waals surface area contributed by atoms with Gasteiger partial charge in [-0.3, -0.25) is 9.59 Å². The van der Waals surface area contributed by atoms with E-state index in [1.165, 1.54) is 22.7 Å². The highest BCUT2D eigenvalue weighted by Crippen LogP contribution is 2.47. The van der Waals surface area contributed by atoms with Crippen LogP contribution in [0.4, 0.5) is 0 Å². The topological polar surface area (TPSA) is 90.4 Å². The van der Waals surface area contributed by atoms with Gasteiger partial charge in [-0.05, 0) is 35.4 Å². The lowest BCUT2D eigenvalue weighted by atomic mass is 10.0. The van der Waals surface area contributed by atoms with Crippen molar-refractivity contribution in [3.8, 4) is 12.1 Å². The Balaban J connectivity index is 1.33. The fourth-order valence-electron chi connectivity index (χ4n) is 5.46. The lowest BCUT2D eigenvalue weighted by Crippen LogP contribution is -1.95. The first kappa shape index (κ1) is 26.2. The maximum absolute atomic E-state index is 13.3. The van der Waals surface area contributed by atoms with Gasteiger partial charge in [0.1, 0.15) is 0 Å². The van der Waals surface area contributed by atoms with Crippen molar-refractivity contribution in [2.45, 2.75) is 0 Å². The number of fused-ring (bicyclic) bond motifs is 5. The van der Waals surface area contributed by atoms with Gasteiger partial charge in [0.05, 0.1) is 34.7 Å². The normalized spacial score (nSPS) is 18.0. The molecule has 2 aliphatic rings. The Bertz CT molecular complexity index is 2230. The van der Waals surface area contributed by atoms with Gasteiger partial charge in [-0.15, -0.1) is 34.0 Å². The zero-order valence-corrected chi connectivity index (χ0v) is 24.2. The molecule has 43 heavy (non-hydrogen) atoms. The quantitative estimate of drug-likeness (QED) is 0.114. The van der Waals surface area contributed by atoms with Gasteiger partial charge in [0.2, 0.25) is 0 Å². The van der Waals surface area contributed by atoms with Crippen LogP contribution < -0.4 is 0 Å². The van der Waals surface area contributed by atoms with Gasteiger partial charge in [0, 0.05) is 52.6 Å². The van der Waals surface area contributed by atoms with Crippen LogP contribution in [-0.4, -0.2) is 11.6 Å². The number of allylic oxidation sites excluding steroid dienone is 6. The fourth-order valence-corrected chi connectivity index (χ4v) is 9.39. The summed E-state index contributed by atoms with van der Waals surface area (Å²) in [4.78, 5) is 35.1. The summed E-state index contributed by atoms with van der Waals surface area (Å²) in [5.74, 6) is -0.424. The van der Waals surface area contributed by atoms with Gasteiger partial charge in [0.15, 0.2) is 11.6 Å². The van der Waals surface area contributed by atoms with Crippen LogP contribution in [0, 0.1) is 35.8 Å². The number of hydrogen-bond acceptors (Lipinski definition) is 7. The predicted octanol–water partition coefficient (Wildman–Crippen LogP) is 9.05. The number of ketones is 2. The maximum Gasteiger partial charge on any atom is 0.270 e. The number of rotatable bonds is 2. The Hall–Kier alpha value is -5.68. The van der Waals surface area contributed by atoms with Gasteiger partial charge in [-0.1, -0.05) is 48.5 Å². The molecule has 0 aliphatic heterocycles. The van der Waals surface area contributed by atoms with Crippen LogP contribution in [-0.2, 0) is 0 Å². The lowest BCUT2D eigenvalue weighted by molar-refractivity contribution is 0.103. The van der Waals surface area contributed by atoms with Crippen LogP contribution in [0.2, 0.25) is 0 Å². The predicted molar refractivity (Wildman–Crippen MR) is 171 cm³/mol. The third kappa shape index (κ3) is 3.93. The third-order valence-corrected chi connectivity index (χ3v) is 10.9. The van der Waals surface area contributed by atoms with Crippen molar-refractivity contribution in [3.05, 3.63) is 138 Å². The van der Waals surface area contributed by atoms with Gasteiger partial charge in [0.25, 0.3) is 11.4 Å². The number of thiophene rings is 3. The summed E-state index contributed by atoms with van der Waals surface area (Å²) in [7, 11) is 0. The summed E-state index contributed by atoms with van der Waals surface area (Å²) in [5, 5.41) is 19.2. The molecule has 0 atom stereocenters. The second kappa shape index (κ2) is 10.00. The van der Waals surface area contributed by atoms with Crippen molar-refractivity contribution in [3.63, 3.8) is 0 Å². The minimum absolute atomic E-state index is 0.115. The molecule has 198 valence electrons. The third-order valence-electron chi connectivity index (χ3n) is 7.25. The van der Waals surface area contributed by atoms with E-state index < -0.39 is 0 Å². The van der Waals surface area contributed by atoms with Crippen LogP contribution >= 0.6 is 34.0 Å². The summed E-state index contributed by atoms with van der Waals surface area (Å²) in [5.41, 5.74) is 3.32. The average molecular weight is 605 g/mol. The molecule has 2 aromatic carbocycles. The summed E-state index contributed by atoms with van der Waals surface area (Å²) in [6.07, 6.45) is 3.53. The van der Waals surface area contributed by atoms with Crippen LogP contribution in [0.15, 0.2) is 83.2 Å². The number of nitriles is 2. The van der Waals surface area contributed by atoms with Gasteiger partial charge >= 0.3 is 0 Å². The standard InChI is InChI=1S/C34H12N4O2S3/c1-37-25(15-35)29-19-7-3-5-9-21(19)31(39)23(29)11-17-13-27-33(41-17)34-28(43-27)14-18(42-34)12-24-30(26(16-36)38-2)20-8-4-6-10-22(20)32(24)40/h3-14H/b23-11-,24-12-,29-25-,30-26+. The highest BCUT2D eigenvalue weighted by atomic mass is 32.1. The number of nitrogens with zero attached hydrogens (tertiary/aromatic N) is 4. The Labute approximate surface area is 256 Å². The second-order valence-electron chi connectivity index (χ2n) is 9.55. The number of benzene rings is 2. The molecular weight excluding hydrogens is 593 g/mol. The zero-order valence-electron chi connectivity index (χ0n) is 21.8. The second-order valence-corrected chi connectivity index (χ2v) is 12.8. The van der Waals surface area contributed by atoms with Crippen LogP contribution in [0.3, 0.4) is 0 Å². The van der Waals surface area contributed by atoms with E-state index in [-0.39, 0.29) is 23.0 Å². The first-order valence-electron chi connectivity index (χ1n) is 12.7. The van der Waals surface area contributed by atoms with E-state index >= 15 is 0 Å². The van der Waals surface area contributed by atoms with E-state index in [4.69, 9.17) is 13.1 Å². The molecule has 0 N–H and O–H groups in total. The highest BCUT2D eigenvalue weighted by Gasteiger charge is 2.33. The van der Waals surface area contributed by atoms with Crippen molar-refractivity contribution in [2.75, 3.05) is 0 Å². The van der Waals surface area contributed by atoms with Crippen LogP contribution in [0.1, 0.15) is 41.6 Å². The molecule has 0 bridgehead atoms. The average Bonchev–Trinajstić information content (AvgIpc) is 3.80. The lowest BCUT2D eigenvalue weighted by Gasteiger charge is -2.01. The molecular formula is C34H12N4O2S3. The molecule has 6 nitrogen and oxygen atoms in total. The number of Topliss-reactive ketones (excluding diaryl/α,β-unsaturated/α-hetero) is 2. The number of carbonyl (C=O) groups excluding carboxylic acids is 2. The molecule has 3 heterocycles. The molecule has 0 saturated carbocycles. The fraction of sp³-hybridized carbons (Fsp3) is 0. The molecule has 0 radical (unpaired) electrons. The molecule has 0 spiro atoms. The first-order chi connectivity index (χ1) is 21.0. The van der Waals surface area contributed by atoms with Crippen molar-refractivity contribution >= 4 is 87.7 Å². The Morgan fingerprint density at radius 3 is 1.42 bits per heavy atom. The van der Waals surface area contributed by atoms with E-state index in [1.54, 1.807) is 72.0 Å². The van der Waals surface area contributed by atoms with Crippen LogP contribution in [0.5, 0.6) is 0 Å². The zero-order chi connectivity index (χ0) is 29.8. The van der Waals surface area contributed by atoms with Crippen molar-refractivity contribution in [2.24, 2.45) is 0 Å². The molecule has 0 unspecified atom stereocenters. The smallest absolute Gasteiger partial charge is 0.270 e. The maximum atomic E-state index is 13.3. The van der Waals surface area contributed by atoms with Gasteiger partial charge in [-0.2, -0.15) is 0 Å². The molecule has 2 aliphatic carbocycles. The molecule has 0 amide bonds. The molecule has 5 aromatic rings. The minimum Gasteiger partial charge on any atom is -0.289 e.